The Balaban J connectivity index is 1.43. The highest BCUT2D eigenvalue weighted by molar-refractivity contribution is 5.68. The summed E-state index contributed by atoms with van der Waals surface area (Å²) >= 11 is 0. The fraction of sp³-hybridized carbons (Fsp3) is 0.143. The zero-order valence-corrected chi connectivity index (χ0v) is 20.1. The number of hydrogen-bond acceptors (Lipinski definition) is 3. The molecule has 4 rings (SSSR count). The van der Waals surface area contributed by atoms with Crippen molar-refractivity contribution in [2.45, 2.75) is 26.1 Å². The molecular weight excluding hydrogens is 532 g/mol. The van der Waals surface area contributed by atoms with E-state index >= 15 is 0 Å². The lowest BCUT2D eigenvalue weighted by atomic mass is 9.99. The molecule has 39 heavy (non-hydrogen) atoms. The maximum absolute atomic E-state index is 14.7. The van der Waals surface area contributed by atoms with Crippen LogP contribution in [0.15, 0.2) is 72.8 Å². The zero-order chi connectivity index (χ0) is 28.3. The van der Waals surface area contributed by atoms with Crippen molar-refractivity contribution in [3.8, 4) is 28.3 Å². The van der Waals surface area contributed by atoms with Crippen LogP contribution in [0.5, 0.6) is 5.75 Å². The largest absolute Gasteiger partial charge is 0.573 e. The van der Waals surface area contributed by atoms with Gasteiger partial charge in [0.2, 0.25) is 5.75 Å². The third kappa shape index (κ3) is 6.78. The molecule has 0 saturated heterocycles. The van der Waals surface area contributed by atoms with Gasteiger partial charge in [-0.25, -0.2) is 31.9 Å². The predicted molar refractivity (Wildman–Crippen MR) is 128 cm³/mol. The van der Waals surface area contributed by atoms with Crippen LogP contribution in [0, 0.1) is 17.5 Å². The molecule has 11 heteroatoms. The highest BCUT2D eigenvalue weighted by Crippen LogP contribution is 2.32. The molecule has 0 fully saturated rings. The first-order valence-electron chi connectivity index (χ1n) is 11.4. The molecule has 0 bridgehead atoms. The molecular formula is C28H18F8N2O. The summed E-state index contributed by atoms with van der Waals surface area (Å²) in [6.45, 7) is 1.01. The molecule has 0 aliphatic rings. The molecule has 0 radical (unpaired) electrons. The van der Waals surface area contributed by atoms with E-state index < -0.39 is 41.2 Å². The van der Waals surface area contributed by atoms with Gasteiger partial charge >= 0.3 is 6.36 Å². The first kappa shape index (κ1) is 27.7. The Morgan fingerprint density at radius 2 is 1.31 bits per heavy atom. The normalized spacial score (nSPS) is 12.3. The topological polar surface area (TPSA) is 35.0 Å². The molecule has 0 unspecified atom stereocenters. The van der Waals surface area contributed by atoms with E-state index in [4.69, 9.17) is 0 Å². The Labute approximate surface area is 217 Å². The molecule has 1 aromatic heterocycles. The monoisotopic (exact) mass is 550 g/mol. The van der Waals surface area contributed by atoms with E-state index in [9.17, 15) is 35.1 Å². The van der Waals surface area contributed by atoms with E-state index in [0.29, 0.717) is 40.8 Å². The minimum atomic E-state index is -5.26. The fourth-order valence-electron chi connectivity index (χ4n) is 3.75. The lowest BCUT2D eigenvalue weighted by molar-refractivity contribution is -0.276. The quantitative estimate of drug-likeness (QED) is 0.216. The second-order valence-corrected chi connectivity index (χ2v) is 8.46. The van der Waals surface area contributed by atoms with Gasteiger partial charge in [0, 0.05) is 23.5 Å². The van der Waals surface area contributed by atoms with E-state index in [1.54, 1.807) is 24.3 Å². The van der Waals surface area contributed by atoms with Gasteiger partial charge in [0.05, 0.1) is 0 Å². The van der Waals surface area contributed by atoms with E-state index in [0.717, 1.165) is 6.92 Å². The minimum Gasteiger partial charge on any atom is -0.399 e. The fourth-order valence-corrected chi connectivity index (χ4v) is 3.75. The van der Waals surface area contributed by atoms with E-state index in [1.165, 1.54) is 30.6 Å². The maximum Gasteiger partial charge on any atom is 0.573 e. The molecule has 202 valence electrons. The summed E-state index contributed by atoms with van der Waals surface area (Å²) in [5, 5.41) is 0. The van der Waals surface area contributed by atoms with Gasteiger partial charge in [-0.1, -0.05) is 36.4 Å². The summed E-state index contributed by atoms with van der Waals surface area (Å²) in [5.41, 5.74) is 2.01. The van der Waals surface area contributed by atoms with Crippen LogP contribution in [0.25, 0.3) is 28.3 Å². The SMILES string of the molecule is C/C(F)=C(\F)c1ccc(-c2ccc(CCc3cnc(-c4cc(F)c(OC(F)(F)F)c(F)c4)nc3)c(F)c2)cc1. The van der Waals surface area contributed by atoms with Gasteiger partial charge in [0.25, 0.3) is 0 Å². The summed E-state index contributed by atoms with van der Waals surface area (Å²) in [6.07, 6.45) is -1.95. The Bertz CT molecular complexity index is 1490. The average Bonchev–Trinajstić information content (AvgIpc) is 2.89. The Morgan fingerprint density at radius 3 is 1.85 bits per heavy atom. The molecule has 0 N–H and O–H groups in total. The van der Waals surface area contributed by atoms with Crippen molar-refractivity contribution in [3.05, 3.63) is 107 Å². The van der Waals surface area contributed by atoms with E-state index in [1.807, 2.05) is 0 Å². The van der Waals surface area contributed by atoms with Crippen molar-refractivity contribution in [2.75, 3.05) is 0 Å². The van der Waals surface area contributed by atoms with Gasteiger partial charge in [-0.2, -0.15) is 0 Å². The summed E-state index contributed by atoms with van der Waals surface area (Å²) in [5.74, 6) is -7.22. The van der Waals surface area contributed by atoms with Crippen LogP contribution in [0.3, 0.4) is 0 Å². The van der Waals surface area contributed by atoms with E-state index in [-0.39, 0.29) is 23.4 Å². The second kappa shape index (κ2) is 11.2. The molecule has 0 amide bonds. The molecule has 0 spiro atoms. The summed E-state index contributed by atoms with van der Waals surface area (Å²) in [4.78, 5) is 8.00. The minimum absolute atomic E-state index is 0.0758. The second-order valence-electron chi connectivity index (χ2n) is 8.46. The van der Waals surface area contributed by atoms with Crippen LogP contribution >= 0.6 is 0 Å². The number of aryl methyl sites for hydroxylation is 2. The number of nitrogens with zero attached hydrogens (tertiary/aromatic N) is 2. The molecule has 1 heterocycles. The summed E-state index contributed by atoms with van der Waals surface area (Å²) in [6, 6.07) is 11.8. The standard InChI is InChI=1S/C28H18F8N2O/c1-15(29)25(33)19-7-4-17(5-8-19)20-9-6-18(22(30)10-20)3-2-16-13-37-27(38-14-16)21-11-23(31)26(24(32)12-21)39-28(34,35)36/h4-14H,2-3H2,1H3/b25-15+. The average molecular weight is 550 g/mol. The molecule has 0 aliphatic heterocycles. The highest BCUT2D eigenvalue weighted by atomic mass is 19.4. The van der Waals surface area contributed by atoms with Gasteiger partial charge in [0.1, 0.15) is 11.6 Å². The number of allylic oxidation sites excluding steroid dienone is 1. The van der Waals surface area contributed by atoms with Crippen LogP contribution < -0.4 is 4.74 Å². The third-order valence-electron chi connectivity index (χ3n) is 5.69. The van der Waals surface area contributed by atoms with Gasteiger partial charge in [-0.3, -0.25) is 0 Å². The van der Waals surface area contributed by atoms with Crippen molar-refractivity contribution < 1.29 is 39.9 Å². The van der Waals surface area contributed by atoms with Crippen LogP contribution in [-0.2, 0) is 12.8 Å². The number of halogens is 8. The van der Waals surface area contributed by atoms with Crippen LogP contribution in [0.2, 0.25) is 0 Å². The van der Waals surface area contributed by atoms with E-state index in [2.05, 4.69) is 14.7 Å². The Kier molecular flexibility index (Phi) is 7.98. The number of alkyl halides is 3. The van der Waals surface area contributed by atoms with Gasteiger partial charge in [-0.05, 0) is 60.2 Å². The number of rotatable bonds is 7. The highest BCUT2D eigenvalue weighted by Gasteiger charge is 2.34. The molecule has 0 saturated carbocycles. The Morgan fingerprint density at radius 1 is 0.744 bits per heavy atom. The van der Waals surface area contributed by atoms with Gasteiger partial charge < -0.3 is 4.74 Å². The predicted octanol–water partition coefficient (Wildman–Crippen LogP) is 8.54. The third-order valence-corrected chi connectivity index (χ3v) is 5.69. The smallest absolute Gasteiger partial charge is 0.399 e. The van der Waals surface area contributed by atoms with Crippen molar-refractivity contribution in [2.24, 2.45) is 0 Å². The summed E-state index contributed by atoms with van der Waals surface area (Å²) < 4.78 is 110. The van der Waals surface area contributed by atoms with Crippen LogP contribution in [0.4, 0.5) is 35.1 Å². The Hall–Kier alpha value is -4.28. The molecule has 0 aliphatic carbocycles. The van der Waals surface area contributed by atoms with Gasteiger partial charge in [0.15, 0.2) is 23.3 Å². The maximum atomic E-state index is 14.7. The lowest BCUT2D eigenvalue weighted by Crippen LogP contribution is -2.19. The first-order chi connectivity index (χ1) is 18.4. The van der Waals surface area contributed by atoms with Crippen molar-refractivity contribution in [1.29, 1.82) is 0 Å². The number of benzene rings is 3. The number of aromatic nitrogens is 2. The van der Waals surface area contributed by atoms with Crippen LogP contribution in [-0.4, -0.2) is 16.3 Å². The zero-order valence-electron chi connectivity index (χ0n) is 20.1. The van der Waals surface area contributed by atoms with Crippen molar-refractivity contribution in [1.82, 2.24) is 9.97 Å². The lowest BCUT2D eigenvalue weighted by Gasteiger charge is -2.11. The van der Waals surface area contributed by atoms with Gasteiger partial charge in [-0.15, -0.1) is 13.2 Å². The molecule has 3 nitrogen and oxygen atoms in total. The molecule has 3 aromatic carbocycles. The van der Waals surface area contributed by atoms with Crippen molar-refractivity contribution in [3.63, 3.8) is 0 Å². The number of hydrogen-bond donors (Lipinski definition) is 0. The van der Waals surface area contributed by atoms with Crippen LogP contribution in [0.1, 0.15) is 23.6 Å². The molecule has 0 atom stereocenters. The van der Waals surface area contributed by atoms with Crippen molar-refractivity contribution >= 4 is 5.83 Å². The number of ether oxygens (including phenoxy) is 1. The first-order valence-corrected chi connectivity index (χ1v) is 11.4. The molecule has 4 aromatic rings. The summed E-state index contributed by atoms with van der Waals surface area (Å²) in [7, 11) is 0.